The van der Waals surface area contributed by atoms with Gasteiger partial charge in [0.2, 0.25) is 0 Å². The smallest absolute Gasteiger partial charge is 0.306 e. The summed E-state index contributed by atoms with van der Waals surface area (Å²) in [4.78, 5) is 10.6. The molecule has 0 spiro atoms. The number of ether oxygens (including phenoxy) is 1. The Labute approximate surface area is 67.9 Å². The first-order chi connectivity index (χ1) is 5.31. The van der Waals surface area contributed by atoms with Crippen molar-refractivity contribution in [2.75, 3.05) is 7.11 Å². The number of methoxy groups -OCH3 is 1. The first-order valence-electron chi connectivity index (χ1n) is 3.83. The van der Waals surface area contributed by atoms with Gasteiger partial charge in [-0.25, -0.2) is 0 Å². The molecule has 0 aliphatic heterocycles. The van der Waals surface area contributed by atoms with Crippen molar-refractivity contribution in [3.05, 3.63) is 0 Å². The molecule has 0 N–H and O–H groups in total. The topological polar surface area (TPSA) is 26.3 Å². The van der Waals surface area contributed by atoms with Gasteiger partial charge in [0.25, 0.3) is 0 Å². The molecular formula is C9H14O2. The lowest BCUT2D eigenvalue weighted by atomic mass is 10.3. The third kappa shape index (κ3) is 6.92. The van der Waals surface area contributed by atoms with Crippen LogP contribution in [0.3, 0.4) is 0 Å². The highest BCUT2D eigenvalue weighted by atomic mass is 16.5. The van der Waals surface area contributed by atoms with Crippen LogP contribution in [-0.2, 0) is 9.53 Å². The van der Waals surface area contributed by atoms with Crippen molar-refractivity contribution in [2.24, 2.45) is 0 Å². The molecule has 2 nitrogen and oxygen atoms in total. The Hall–Kier alpha value is -0.970. The van der Waals surface area contributed by atoms with Crippen LogP contribution in [0.25, 0.3) is 0 Å². The quantitative estimate of drug-likeness (QED) is 0.457. The summed E-state index contributed by atoms with van der Waals surface area (Å²) < 4.78 is 4.45. The SMILES string of the molecule is CCCC#CCCC(=O)OC. The van der Waals surface area contributed by atoms with Crippen LogP contribution in [0.1, 0.15) is 32.6 Å². The van der Waals surface area contributed by atoms with Crippen LogP contribution in [0.4, 0.5) is 0 Å². The number of carbonyl (C=O) groups excluding carboxylic acids is 1. The predicted molar refractivity (Wildman–Crippen MR) is 43.9 cm³/mol. The Kier molecular flexibility index (Phi) is 6.51. The van der Waals surface area contributed by atoms with E-state index < -0.39 is 0 Å². The van der Waals surface area contributed by atoms with E-state index in [1.807, 2.05) is 0 Å². The largest absolute Gasteiger partial charge is 0.469 e. The molecular weight excluding hydrogens is 140 g/mol. The first kappa shape index (κ1) is 10.0. The van der Waals surface area contributed by atoms with Gasteiger partial charge in [0.15, 0.2) is 0 Å². The van der Waals surface area contributed by atoms with E-state index in [1.54, 1.807) is 0 Å². The zero-order chi connectivity index (χ0) is 8.53. The third-order valence-corrected chi connectivity index (χ3v) is 1.18. The molecule has 0 unspecified atom stereocenters. The Morgan fingerprint density at radius 3 is 2.55 bits per heavy atom. The maximum atomic E-state index is 10.6. The van der Waals surface area contributed by atoms with Gasteiger partial charge in [0, 0.05) is 12.8 Å². The van der Waals surface area contributed by atoms with Crippen molar-refractivity contribution in [2.45, 2.75) is 32.6 Å². The zero-order valence-corrected chi connectivity index (χ0v) is 7.14. The molecule has 0 aromatic carbocycles. The van der Waals surface area contributed by atoms with E-state index in [1.165, 1.54) is 7.11 Å². The number of unbranched alkanes of at least 4 members (excludes halogenated alkanes) is 1. The van der Waals surface area contributed by atoms with E-state index in [0.717, 1.165) is 12.8 Å². The van der Waals surface area contributed by atoms with Crippen LogP contribution in [-0.4, -0.2) is 13.1 Å². The van der Waals surface area contributed by atoms with Gasteiger partial charge < -0.3 is 4.74 Å². The molecule has 0 heterocycles. The highest BCUT2D eigenvalue weighted by molar-refractivity contribution is 5.69. The standard InChI is InChI=1S/C9H14O2/c1-3-4-5-6-7-8-9(10)11-2/h3-4,7-8H2,1-2H3. The number of hydrogen-bond donors (Lipinski definition) is 0. The summed E-state index contributed by atoms with van der Waals surface area (Å²) in [6, 6.07) is 0. The average molecular weight is 154 g/mol. The summed E-state index contributed by atoms with van der Waals surface area (Å²) in [5, 5.41) is 0. The highest BCUT2D eigenvalue weighted by Gasteiger charge is 1.94. The average Bonchev–Trinajstić information content (AvgIpc) is 2.04. The fourth-order valence-corrected chi connectivity index (χ4v) is 0.568. The van der Waals surface area contributed by atoms with Gasteiger partial charge in [-0.1, -0.05) is 6.92 Å². The van der Waals surface area contributed by atoms with E-state index in [-0.39, 0.29) is 5.97 Å². The molecule has 0 saturated heterocycles. The molecule has 0 aliphatic rings. The molecule has 0 rings (SSSR count). The summed E-state index contributed by atoms with van der Waals surface area (Å²) in [7, 11) is 1.39. The summed E-state index contributed by atoms with van der Waals surface area (Å²) in [5.74, 6) is 5.67. The molecule has 0 radical (unpaired) electrons. The summed E-state index contributed by atoms with van der Waals surface area (Å²) >= 11 is 0. The molecule has 0 aliphatic carbocycles. The fraction of sp³-hybridized carbons (Fsp3) is 0.667. The summed E-state index contributed by atoms with van der Waals surface area (Å²) in [6.07, 6.45) is 3.02. The van der Waals surface area contributed by atoms with Crippen LogP contribution in [0.15, 0.2) is 0 Å². The van der Waals surface area contributed by atoms with Crippen LogP contribution in [0.5, 0.6) is 0 Å². The van der Waals surface area contributed by atoms with E-state index in [2.05, 4.69) is 23.5 Å². The number of esters is 1. The lowest BCUT2D eigenvalue weighted by Crippen LogP contribution is -1.98. The van der Waals surface area contributed by atoms with Gasteiger partial charge in [-0.3, -0.25) is 4.79 Å². The summed E-state index contributed by atoms with van der Waals surface area (Å²) in [6.45, 7) is 2.08. The second kappa shape index (κ2) is 7.14. The number of rotatable bonds is 3. The van der Waals surface area contributed by atoms with Gasteiger partial charge in [0.05, 0.1) is 13.5 Å². The fourth-order valence-electron chi connectivity index (χ4n) is 0.568. The molecule has 11 heavy (non-hydrogen) atoms. The van der Waals surface area contributed by atoms with E-state index in [9.17, 15) is 4.79 Å². The monoisotopic (exact) mass is 154 g/mol. The van der Waals surface area contributed by atoms with Gasteiger partial charge >= 0.3 is 5.97 Å². The molecule has 0 atom stereocenters. The third-order valence-electron chi connectivity index (χ3n) is 1.18. The van der Waals surface area contributed by atoms with Crippen molar-refractivity contribution in [3.8, 4) is 11.8 Å². The van der Waals surface area contributed by atoms with E-state index in [0.29, 0.717) is 12.8 Å². The number of carbonyl (C=O) groups is 1. The normalized spacial score (nSPS) is 8.18. The molecule has 0 aromatic heterocycles. The van der Waals surface area contributed by atoms with Gasteiger partial charge in [-0.05, 0) is 6.42 Å². The summed E-state index contributed by atoms with van der Waals surface area (Å²) in [5.41, 5.74) is 0. The lowest BCUT2D eigenvalue weighted by Gasteiger charge is -1.91. The highest BCUT2D eigenvalue weighted by Crippen LogP contribution is 1.90. The Balaban J connectivity index is 3.28. The molecule has 62 valence electrons. The Morgan fingerprint density at radius 1 is 1.36 bits per heavy atom. The first-order valence-corrected chi connectivity index (χ1v) is 3.83. The zero-order valence-electron chi connectivity index (χ0n) is 7.14. The van der Waals surface area contributed by atoms with Crippen LogP contribution < -0.4 is 0 Å². The molecule has 0 fully saturated rings. The van der Waals surface area contributed by atoms with E-state index in [4.69, 9.17) is 0 Å². The maximum Gasteiger partial charge on any atom is 0.306 e. The lowest BCUT2D eigenvalue weighted by molar-refractivity contribution is -0.140. The minimum Gasteiger partial charge on any atom is -0.469 e. The molecule has 0 aromatic rings. The second-order valence-corrected chi connectivity index (χ2v) is 2.18. The van der Waals surface area contributed by atoms with Crippen molar-refractivity contribution < 1.29 is 9.53 Å². The van der Waals surface area contributed by atoms with Crippen molar-refractivity contribution in [1.82, 2.24) is 0 Å². The Bertz CT molecular complexity index is 162. The predicted octanol–water partition coefficient (Wildman–Crippen LogP) is 1.74. The minimum atomic E-state index is -0.184. The van der Waals surface area contributed by atoms with Crippen LogP contribution >= 0.6 is 0 Å². The van der Waals surface area contributed by atoms with Crippen LogP contribution in [0, 0.1) is 11.8 Å². The van der Waals surface area contributed by atoms with Crippen LogP contribution in [0.2, 0.25) is 0 Å². The van der Waals surface area contributed by atoms with Crippen molar-refractivity contribution in [1.29, 1.82) is 0 Å². The Morgan fingerprint density at radius 2 is 2.00 bits per heavy atom. The molecule has 2 heteroatoms. The minimum absolute atomic E-state index is 0.184. The molecule has 0 amide bonds. The molecule has 0 saturated carbocycles. The number of hydrogen-bond acceptors (Lipinski definition) is 2. The van der Waals surface area contributed by atoms with Gasteiger partial charge in [-0.2, -0.15) is 0 Å². The van der Waals surface area contributed by atoms with Crippen molar-refractivity contribution >= 4 is 5.97 Å². The maximum absolute atomic E-state index is 10.6. The van der Waals surface area contributed by atoms with E-state index >= 15 is 0 Å². The van der Waals surface area contributed by atoms with Gasteiger partial charge in [0.1, 0.15) is 0 Å². The van der Waals surface area contributed by atoms with Gasteiger partial charge in [-0.15, -0.1) is 11.8 Å². The molecule has 0 bridgehead atoms. The van der Waals surface area contributed by atoms with Crippen molar-refractivity contribution in [3.63, 3.8) is 0 Å². The second-order valence-electron chi connectivity index (χ2n) is 2.18.